The molecule has 1 aliphatic rings. The molecule has 0 aliphatic carbocycles. The summed E-state index contributed by atoms with van der Waals surface area (Å²) >= 11 is 0. The van der Waals surface area contributed by atoms with Crippen LogP contribution >= 0.6 is 0 Å². The smallest absolute Gasteiger partial charge is 0.114 e. The monoisotopic (exact) mass is 192 g/mol. The third kappa shape index (κ3) is 2.00. The van der Waals surface area contributed by atoms with Crippen molar-refractivity contribution in [3.05, 3.63) is 0 Å². The third-order valence-electron chi connectivity index (χ3n) is 2.38. The first kappa shape index (κ1) is 10.9. The second-order valence-electron chi connectivity index (χ2n) is 3.24. The number of methoxy groups -OCH3 is 1. The maximum Gasteiger partial charge on any atom is 0.114 e. The summed E-state index contributed by atoms with van der Waals surface area (Å²) in [6, 6.07) is 0. The van der Waals surface area contributed by atoms with Crippen LogP contribution in [0, 0.1) is 0 Å². The molecule has 0 saturated carbocycles. The van der Waals surface area contributed by atoms with Crippen molar-refractivity contribution < 1.29 is 24.8 Å². The molecule has 1 aliphatic heterocycles. The average molecular weight is 192 g/mol. The maximum absolute atomic E-state index is 9.55. The summed E-state index contributed by atoms with van der Waals surface area (Å²) in [5.41, 5.74) is 0. The molecule has 5 nitrogen and oxygen atoms in total. The van der Waals surface area contributed by atoms with Gasteiger partial charge in [-0.3, -0.25) is 0 Å². The van der Waals surface area contributed by atoms with E-state index in [1.165, 1.54) is 7.11 Å². The molecule has 3 N–H and O–H groups in total. The van der Waals surface area contributed by atoms with Gasteiger partial charge in [-0.25, -0.2) is 0 Å². The molecule has 1 rings (SSSR count). The van der Waals surface area contributed by atoms with Crippen LogP contribution in [-0.2, 0) is 9.47 Å². The summed E-state index contributed by atoms with van der Waals surface area (Å²) in [4.78, 5) is 0. The SMILES string of the molecule is COC1C(O)C(CO)O[C@@H](C)C1O. The van der Waals surface area contributed by atoms with Crippen molar-refractivity contribution in [3.8, 4) is 0 Å². The summed E-state index contributed by atoms with van der Waals surface area (Å²) in [5, 5.41) is 27.9. The predicted octanol–water partition coefficient (Wildman–Crippen LogP) is -1.50. The molecule has 0 spiro atoms. The van der Waals surface area contributed by atoms with Crippen LogP contribution < -0.4 is 0 Å². The Bertz CT molecular complexity index is 163. The fourth-order valence-electron chi connectivity index (χ4n) is 1.55. The first-order valence-corrected chi connectivity index (χ1v) is 4.27. The van der Waals surface area contributed by atoms with Crippen molar-refractivity contribution >= 4 is 0 Å². The van der Waals surface area contributed by atoms with Crippen LogP contribution in [0.4, 0.5) is 0 Å². The van der Waals surface area contributed by atoms with Gasteiger partial charge in [-0.1, -0.05) is 0 Å². The Labute approximate surface area is 76.9 Å². The number of aliphatic hydroxyl groups is 3. The van der Waals surface area contributed by atoms with Crippen molar-refractivity contribution in [1.29, 1.82) is 0 Å². The average Bonchev–Trinajstić information content (AvgIpc) is 2.12. The number of aliphatic hydroxyl groups excluding tert-OH is 3. The third-order valence-corrected chi connectivity index (χ3v) is 2.38. The van der Waals surface area contributed by atoms with Crippen molar-refractivity contribution in [3.63, 3.8) is 0 Å². The van der Waals surface area contributed by atoms with E-state index in [9.17, 15) is 10.2 Å². The Hall–Kier alpha value is -0.200. The maximum atomic E-state index is 9.55. The predicted molar refractivity (Wildman–Crippen MR) is 44.2 cm³/mol. The van der Waals surface area contributed by atoms with Gasteiger partial charge in [0.15, 0.2) is 0 Å². The van der Waals surface area contributed by atoms with Crippen LogP contribution in [0.2, 0.25) is 0 Å². The van der Waals surface area contributed by atoms with Gasteiger partial charge >= 0.3 is 0 Å². The van der Waals surface area contributed by atoms with Gasteiger partial charge in [0.1, 0.15) is 24.4 Å². The molecule has 13 heavy (non-hydrogen) atoms. The van der Waals surface area contributed by atoms with Gasteiger partial charge < -0.3 is 24.8 Å². The van der Waals surface area contributed by atoms with Crippen LogP contribution in [0.25, 0.3) is 0 Å². The Morgan fingerprint density at radius 3 is 2.38 bits per heavy atom. The summed E-state index contributed by atoms with van der Waals surface area (Å²) in [7, 11) is 1.41. The molecule has 0 aromatic heterocycles. The van der Waals surface area contributed by atoms with E-state index < -0.39 is 30.5 Å². The highest BCUT2D eigenvalue weighted by Crippen LogP contribution is 2.22. The number of hydrogen-bond donors (Lipinski definition) is 3. The van der Waals surface area contributed by atoms with Crippen LogP contribution in [-0.4, -0.2) is 59.6 Å². The normalized spacial score (nSPS) is 46.4. The fourth-order valence-corrected chi connectivity index (χ4v) is 1.55. The zero-order chi connectivity index (χ0) is 10.0. The Morgan fingerprint density at radius 2 is 1.92 bits per heavy atom. The number of ether oxygens (including phenoxy) is 2. The van der Waals surface area contributed by atoms with E-state index in [4.69, 9.17) is 14.6 Å². The fraction of sp³-hybridized carbons (Fsp3) is 1.00. The van der Waals surface area contributed by atoms with Gasteiger partial charge in [0.25, 0.3) is 0 Å². The summed E-state index contributed by atoms with van der Waals surface area (Å²) in [6.45, 7) is 1.39. The van der Waals surface area contributed by atoms with Gasteiger partial charge in [-0.15, -0.1) is 0 Å². The molecule has 1 fully saturated rings. The first-order chi connectivity index (χ1) is 6.11. The van der Waals surface area contributed by atoms with Crippen molar-refractivity contribution in [1.82, 2.24) is 0 Å². The molecular formula is C8H16O5. The molecule has 4 unspecified atom stereocenters. The zero-order valence-electron chi connectivity index (χ0n) is 7.75. The van der Waals surface area contributed by atoms with Gasteiger partial charge in [0.05, 0.1) is 12.7 Å². The summed E-state index contributed by atoms with van der Waals surface area (Å²) < 4.78 is 10.1. The van der Waals surface area contributed by atoms with Crippen molar-refractivity contribution in [2.24, 2.45) is 0 Å². The number of hydrogen-bond acceptors (Lipinski definition) is 5. The van der Waals surface area contributed by atoms with Crippen LogP contribution in [0.1, 0.15) is 6.92 Å². The number of rotatable bonds is 2. The largest absolute Gasteiger partial charge is 0.394 e. The van der Waals surface area contributed by atoms with Gasteiger partial charge in [0.2, 0.25) is 0 Å². The van der Waals surface area contributed by atoms with Crippen LogP contribution in [0.3, 0.4) is 0 Å². The van der Waals surface area contributed by atoms with E-state index in [1.807, 2.05) is 0 Å². The molecule has 0 aromatic rings. The lowest BCUT2D eigenvalue weighted by Crippen LogP contribution is -2.58. The highest BCUT2D eigenvalue weighted by atomic mass is 16.6. The summed E-state index contributed by atoms with van der Waals surface area (Å²) in [6.07, 6.45) is -3.65. The van der Waals surface area contributed by atoms with E-state index in [1.54, 1.807) is 6.92 Å². The standard InChI is InChI=1S/C8H16O5/c1-4-6(10)8(12-2)7(11)5(3-9)13-4/h4-11H,3H2,1-2H3/t4-,5?,6?,7?,8?/m0/s1. The molecule has 1 heterocycles. The first-order valence-electron chi connectivity index (χ1n) is 4.27. The highest BCUT2D eigenvalue weighted by molar-refractivity contribution is 4.91. The molecule has 0 radical (unpaired) electrons. The minimum Gasteiger partial charge on any atom is -0.394 e. The molecular weight excluding hydrogens is 176 g/mol. The second-order valence-corrected chi connectivity index (χ2v) is 3.24. The topological polar surface area (TPSA) is 79.2 Å². The summed E-state index contributed by atoms with van der Waals surface area (Å²) in [5.74, 6) is 0. The minimum atomic E-state index is -0.985. The Kier molecular flexibility index (Phi) is 3.63. The molecule has 78 valence electrons. The van der Waals surface area contributed by atoms with E-state index in [0.29, 0.717) is 0 Å². The van der Waals surface area contributed by atoms with E-state index in [-0.39, 0.29) is 6.61 Å². The molecule has 0 bridgehead atoms. The Balaban J connectivity index is 2.69. The lowest BCUT2D eigenvalue weighted by molar-refractivity contribution is -0.231. The minimum absolute atomic E-state index is 0.280. The zero-order valence-corrected chi connectivity index (χ0v) is 7.75. The van der Waals surface area contributed by atoms with Gasteiger partial charge in [-0.2, -0.15) is 0 Å². The van der Waals surface area contributed by atoms with E-state index >= 15 is 0 Å². The molecule has 1 saturated heterocycles. The second kappa shape index (κ2) is 4.34. The van der Waals surface area contributed by atoms with E-state index in [0.717, 1.165) is 0 Å². The van der Waals surface area contributed by atoms with Crippen molar-refractivity contribution in [2.75, 3.05) is 13.7 Å². The highest BCUT2D eigenvalue weighted by Gasteiger charge is 2.42. The van der Waals surface area contributed by atoms with Gasteiger partial charge in [0, 0.05) is 7.11 Å². The van der Waals surface area contributed by atoms with Gasteiger partial charge in [-0.05, 0) is 6.92 Å². The quantitative estimate of drug-likeness (QED) is 0.496. The lowest BCUT2D eigenvalue weighted by Gasteiger charge is -2.40. The van der Waals surface area contributed by atoms with Crippen LogP contribution in [0.5, 0.6) is 0 Å². The van der Waals surface area contributed by atoms with Crippen LogP contribution in [0.15, 0.2) is 0 Å². The molecule has 5 heteroatoms. The Morgan fingerprint density at radius 1 is 1.31 bits per heavy atom. The van der Waals surface area contributed by atoms with Crippen molar-refractivity contribution in [2.45, 2.75) is 37.4 Å². The van der Waals surface area contributed by atoms with E-state index in [2.05, 4.69) is 0 Å². The molecule has 0 aromatic carbocycles. The lowest BCUT2D eigenvalue weighted by atomic mass is 9.96. The molecule has 5 atom stereocenters. The molecule has 0 amide bonds.